The molecule has 1 amide bonds. The van der Waals surface area contributed by atoms with Crippen LogP contribution >= 0.6 is 0 Å². The zero-order chi connectivity index (χ0) is 24.2. The van der Waals surface area contributed by atoms with Crippen molar-refractivity contribution in [3.8, 4) is 11.5 Å². The third-order valence-electron chi connectivity index (χ3n) is 5.60. The van der Waals surface area contributed by atoms with E-state index in [4.69, 9.17) is 9.47 Å². The average Bonchev–Trinajstić information content (AvgIpc) is 2.87. The molecule has 34 heavy (non-hydrogen) atoms. The Bertz CT molecular complexity index is 1120. The maximum Gasteiger partial charge on any atom is 0.343 e. The Morgan fingerprint density at radius 1 is 0.912 bits per heavy atom. The molecule has 0 aliphatic carbocycles. The van der Waals surface area contributed by atoms with Gasteiger partial charge in [0, 0.05) is 12.0 Å². The van der Waals surface area contributed by atoms with E-state index in [0.29, 0.717) is 29.0 Å². The monoisotopic (exact) mass is 460 g/mol. The molecule has 0 heterocycles. The van der Waals surface area contributed by atoms with Crippen LogP contribution in [0.5, 0.6) is 11.5 Å². The number of unbranched alkanes of at least 4 members (excludes halogenated alkanes) is 5. The standard InChI is InChI=1S/C28H32N2O4/c1-3-4-5-6-7-8-13-27(31)30-29-20-25-24-12-10-9-11-21(24)16-19-26(25)34-28(32)22-14-17-23(33-2)18-15-22/h9-12,14-20H,3-8,13H2,1-2H3,(H,30,31)/b29-20+. The number of hydrazone groups is 1. The van der Waals surface area contributed by atoms with E-state index in [1.165, 1.54) is 25.5 Å². The first-order chi connectivity index (χ1) is 16.6. The molecule has 0 bridgehead atoms. The third kappa shape index (κ3) is 7.17. The topological polar surface area (TPSA) is 77.0 Å². The number of fused-ring (bicyclic) bond motifs is 1. The molecule has 6 heteroatoms. The van der Waals surface area contributed by atoms with Crippen molar-refractivity contribution in [1.29, 1.82) is 0 Å². The smallest absolute Gasteiger partial charge is 0.343 e. The van der Waals surface area contributed by atoms with Crippen LogP contribution in [0.4, 0.5) is 0 Å². The molecule has 0 atom stereocenters. The van der Waals surface area contributed by atoms with Crippen LogP contribution in [0.2, 0.25) is 0 Å². The summed E-state index contributed by atoms with van der Waals surface area (Å²) >= 11 is 0. The molecule has 6 nitrogen and oxygen atoms in total. The Balaban J connectivity index is 1.69. The van der Waals surface area contributed by atoms with Crippen molar-refractivity contribution in [2.24, 2.45) is 5.10 Å². The number of esters is 1. The van der Waals surface area contributed by atoms with Gasteiger partial charge in [-0.3, -0.25) is 4.79 Å². The highest BCUT2D eigenvalue weighted by molar-refractivity contribution is 6.04. The summed E-state index contributed by atoms with van der Waals surface area (Å²) in [4.78, 5) is 24.9. The summed E-state index contributed by atoms with van der Waals surface area (Å²) in [5.41, 5.74) is 3.63. The number of hydrogen-bond donors (Lipinski definition) is 1. The molecule has 3 rings (SSSR count). The lowest BCUT2D eigenvalue weighted by Crippen LogP contribution is -2.17. The Morgan fingerprint density at radius 2 is 1.65 bits per heavy atom. The van der Waals surface area contributed by atoms with Gasteiger partial charge in [-0.2, -0.15) is 5.10 Å². The van der Waals surface area contributed by atoms with Crippen molar-refractivity contribution in [2.75, 3.05) is 7.11 Å². The molecule has 0 saturated heterocycles. The number of amides is 1. The SMILES string of the molecule is CCCCCCCCC(=O)N/N=C/c1c(OC(=O)c2ccc(OC)cc2)ccc2ccccc12. The van der Waals surface area contributed by atoms with Crippen LogP contribution in [-0.4, -0.2) is 25.2 Å². The number of nitrogens with zero attached hydrogens (tertiary/aromatic N) is 1. The number of hydrogen-bond acceptors (Lipinski definition) is 5. The second kappa shape index (κ2) is 13.1. The second-order valence-corrected chi connectivity index (χ2v) is 8.13. The van der Waals surface area contributed by atoms with Crippen molar-refractivity contribution in [3.05, 3.63) is 71.8 Å². The van der Waals surface area contributed by atoms with Gasteiger partial charge in [0.25, 0.3) is 0 Å². The van der Waals surface area contributed by atoms with E-state index in [9.17, 15) is 9.59 Å². The Morgan fingerprint density at radius 3 is 2.41 bits per heavy atom. The summed E-state index contributed by atoms with van der Waals surface area (Å²) in [5.74, 6) is 0.420. The summed E-state index contributed by atoms with van der Waals surface area (Å²) in [5, 5.41) is 6.00. The maximum absolute atomic E-state index is 12.7. The van der Waals surface area contributed by atoms with E-state index < -0.39 is 5.97 Å². The number of benzene rings is 3. The summed E-state index contributed by atoms with van der Waals surface area (Å²) in [6, 6.07) is 18.1. The largest absolute Gasteiger partial charge is 0.497 e. The Hall–Kier alpha value is -3.67. The van der Waals surface area contributed by atoms with Crippen LogP contribution in [0.3, 0.4) is 0 Å². The van der Waals surface area contributed by atoms with Crippen LogP contribution < -0.4 is 14.9 Å². The molecule has 178 valence electrons. The number of ether oxygens (including phenoxy) is 2. The van der Waals surface area contributed by atoms with Crippen molar-refractivity contribution in [3.63, 3.8) is 0 Å². The fourth-order valence-electron chi connectivity index (χ4n) is 3.67. The molecular formula is C28H32N2O4. The third-order valence-corrected chi connectivity index (χ3v) is 5.60. The van der Waals surface area contributed by atoms with Crippen molar-refractivity contribution >= 4 is 28.9 Å². The molecule has 0 fully saturated rings. The van der Waals surface area contributed by atoms with E-state index in [0.717, 1.165) is 30.0 Å². The summed E-state index contributed by atoms with van der Waals surface area (Å²) in [6.07, 6.45) is 8.71. The van der Waals surface area contributed by atoms with Crippen molar-refractivity contribution in [2.45, 2.75) is 51.9 Å². The minimum absolute atomic E-state index is 0.122. The molecule has 3 aromatic carbocycles. The lowest BCUT2D eigenvalue weighted by Gasteiger charge is -2.11. The predicted octanol–water partition coefficient (Wildman–Crippen LogP) is 6.27. The van der Waals surface area contributed by atoms with Gasteiger partial charge < -0.3 is 9.47 Å². The molecule has 0 spiro atoms. The van der Waals surface area contributed by atoms with Gasteiger partial charge in [0.05, 0.1) is 18.9 Å². The summed E-state index contributed by atoms with van der Waals surface area (Å²) in [6.45, 7) is 2.19. The van der Waals surface area contributed by atoms with Crippen LogP contribution in [0.15, 0.2) is 65.8 Å². The number of methoxy groups -OCH3 is 1. The normalized spacial score (nSPS) is 11.0. The molecule has 0 saturated carbocycles. The minimum Gasteiger partial charge on any atom is -0.497 e. The van der Waals surface area contributed by atoms with E-state index in [-0.39, 0.29) is 5.91 Å². The summed E-state index contributed by atoms with van der Waals surface area (Å²) in [7, 11) is 1.57. The van der Waals surface area contributed by atoms with Crippen LogP contribution in [0, 0.1) is 0 Å². The van der Waals surface area contributed by atoms with E-state index in [1.807, 2.05) is 30.3 Å². The van der Waals surface area contributed by atoms with Gasteiger partial charge in [0.15, 0.2) is 0 Å². The number of nitrogens with one attached hydrogen (secondary N) is 1. The zero-order valence-corrected chi connectivity index (χ0v) is 19.9. The summed E-state index contributed by atoms with van der Waals surface area (Å²) < 4.78 is 10.8. The van der Waals surface area contributed by atoms with Gasteiger partial charge in [0.2, 0.25) is 5.91 Å². The quantitative estimate of drug-likeness (QED) is 0.114. The Labute approximate surface area is 201 Å². The van der Waals surface area contributed by atoms with Gasteiger partial charge in [-0.05, 0) is 47.5 Å². The highest BCUT2D eigenvalue weighted by atomic mass is 16.5. The van der Waals surface area contributed by atoms with Gasteiger partial charge in [-0.1, -0.05) is 69.4 Å². The van der Waals surface area contributed by atoms with Crippen molar-refractivity contribution in [1.82, 2.24) is 5.43 Å². The second-order valence-electron chi connectivity index (χ2n) is 8.13. The lowest BCUT2D eigenvalue weighted by molar-refractivity contribution is -0.121. The molecule has 0 aromatic heterocycles. The lowest BCUT2D eigenvalue weighted by atomic mass is 10.0. The average molecular weight is 461 g/mol. The molecule has 0 aliphatic heterocycles. The fourth-order valence-corrected chi connectivity index (χ4v) is 3.67. The van der Waals surface area contributed by atoms with Crippen LogP contribution in [0.1, 0.15) is 67.8 Å². The molecular weight excluding hydrogens is 428 g/mol. The molecule has 0 radical (unpaired) electrons. The van der Waals surface area contributed by atoms with E-state index >= 15 is 0 Å². The maximum atomic E-state index is 12.7. The molecule has 3 aromatic rings. The fraction of sp³-hybridized carbons (Fsp3) is 0.321. The van der Waals surface area contributed by atoms with Gasteiger partial charge in [-0.15, -0.1) is 0 Å². The highest BCUT2D eigenvalue weighted by Gasteiger charge is 2.14. The molecule has 1 N–H and O–H groups in total. The zero-order valence-electron chi connectivity index (χ0n) is 19.9. The van der Waals surface area contributed by atoms with Crippen molar-refractivity contribution < 1.29 is 19.1 Å². The van der Waals surface area contributed by atoms with Crippen LogP contribution in [0.25, 0.3) is 10.8 Å². The first-order valence-corrected chi connectivity index (χ1v) is 11.8. The van der Waals surface area contributed by atoms with E-state index in [1.54, 1.807) is 37.4 Å². The first-order valence-electron chi connectivity index (χ1n) is 11.8. The number of carbonyl (C=O) groups excluding carboxylic acids is 2. The highest BCUT2D eigenvalue weighted by Crippen LogP contribution is 2.27. The van der Waals surface area contributed by atoms with Crippen LogP contribution in [-0.2, 0) is 4.79 Å². The predicted molar refractivity (Wildman–Crippen MR) is 136 cm³/mol. The number of rotatable bonds is 12. The number of carbonyl (C=O) groups is 2. The van der Waals surface area contributed by atoms with Gasteiger partial charge in [-0.25, -0.2) is 10.2 Å². The van der Waals surface area contributed by atoms with E-state index in [2.05, 4.69) is 17.5 Å². The molecule has 0 aliphatic rings. The minimum atomic E-state index is -0.486. The first kappa shape index (κ1) is 25.0. The Kier molecular flexibility index (Phi) is 9.65. The van der Waals surface area contributed by atoms with Gasteiger partial charge >= 0.3 is 5.97 Å². The van der Waals surface area contributed by atoms with Gasteiger partial charge in [0.1, 0.15) is 11.5 Å². The molecule has 0 unspecified atom stereocenters.